The number of nitrogens with two attached hydrogens (primary N) is 1. The van der Waals surface area contributed by atoms with E-state index < -0.39 is 11.5 Å². The highest BCUT2D eigenvalue weighted by atomic mass is 16.5. The molecule has 7 heteroatoms. The number of hydrogen-bond donors (Lipinski definition) is 2. The molecule has 0 radical (unpaired) electrons. The van der Waals surface area contributed by atoms with Gasteiger partial charge in [0.1, 0.15) is 11.6 Å². The Hall–Kier alpha value is -1.89. The van der Waals surface area contributed by atoms with Gasteiger partial charge in [0.2, 0.25) is 0 Å². The summed E-state index contributed by atoms with van der Waals surface area (Å²) in [4.78, 5) is 29.8. The Morgan fingerprint density at radius 3 is 2.79 bits per heavy atom. The number of anilines is 1. The van der Waals surface area contributed by atoms with Gasteiger partial charge < -0.3 is 20.2 Å². The van der Waals surface area contributed by atoms with Crippen LogP contribution in [0.2, 0.25) is 0 Å². The molecular formula is C12H19N3O4. The number of nitrogen functional groups attached to an aromatic ring is 1. The Labute approximate surface area is 111 Å². The quantitative estimate of drug-likeness (QED) is 0.534. The molecule has 1 aromatic rings. The van der Waals surface area contributed by atoms with Gasteiger partial charge in [0.05, 0.1) is 18.6 Å². The van der Waals surface area contributed by atoms with Crippen LogP contribution in [0.15, 0.2) is 4.79 Å². The molecule has 0 atom stereocenters. The second kappa shape index (κ2) is 7.52. The molecular weight excluding hydrogens is 250 g/mol. The summed E-state index contributed by atoms with van der Waals surface area (Å²) < 4.78 is 9.69. The second-order valence-corrected chi connectivity index (χ2v) is 3.95. The van der Waals surface area contributed by atoms with E-state index in [2.05, 4.69) is 9.97 Å². The molecule has 0 saturated carbocycles. The van der Waals surface area contributed by atoms with Crippen molar-refractivity contribution < 1.29 is 14.3 Å². The number of aryl methyl sites for hydroxylation is 1. The third-order valence-corrected chi connectivity index (χ3v) is 2.48. The molecule has 0 aliphatic carbocycles. The van der Waals surface area contributed by atoms with Gasteiger partial charge in [-0.3, -0.25) is 9.59 Å². The first-order valence-corrected chi connectivity index (χ1v) is 6.10. The van der Waals surface area contributed by atoms with Crippen LogP contribution in [0.1, 0.15) is 24.7 Å². The zero-order valence-corrected chi connectivity index (χ0v) is 11.2. The molecule has 0 spiro atoms. The number of ether oxygens (including phenoxy) is 2. The first kappa shape index (κ1) is 15.2. The van der Waals surface area contributed by atoms with Crippen LogP contribution in [0.4, 0.5) is 5.82 Å². The third kappa shape index (κ3) is 4.70. The van der Waals surface area contributed by atoms with Crippen molar-refractivity contribution in [3.63, 3.8) is 0 Å². The first-order chi connectivity index (χ1) is 9.08. The molecule has 0 aliphatic rings. The van der Waals surface area contributed by atoms with Crippen LogP contribution in [0.3, 0.4) is 0 Å². The van der Waals surface area contributed by atoms with E-state index in [1.54, 1.807) is 14.0 Å². The van der Waals surface area contributed by atoms with Gasteiger partial charge >= 0.3 is 5.97 Å². The molecule has 0 saturated heterocycles. The number of esters is 1. The third-order valence-electron chi connectivity index (χ3n) is 2.48. The summed E-state index contributed by atoms with van der Waals surface area (Å²) in [7, 11) is 1.60. The fourth-order valence-electron chi connectivity index (χ4n) is 1.59. The largest absolute Gasteiger partial charge is 0.466 e. The number of nitrogens with zero attached hydrogens (tertiary/aromatic N) is 1. The minimum absolute atomic E-state index is 0.0734. The highest BCUT2D eigenvalue weighted by molar-refractivity contribution is 5.74. The lowest BCUT2D eigenvalue weighted by Crippen LogP contribution is -2.23. The molecule has 3 N–H and O–H groups in total. The summed E-state index contributed by atoms with van der Waals surface area (Å²) in [6.07, 6.45) is 1.13. The van der Waals surface area contributed by atoms with E-state index in [1.165, 1.54) is 0 Å². The van der Waals surface area contributed by atoms with Gasteiger partial charge in [0.25, 0.3) is 5.56 Å². The zero-order chi connectivity index (χ0) is 14.3. The molecule has 0 aliphatic heterocycles. The average Bonchev–Trinajstić information content (AvgIpc) is 2.34. The Morgan fingerprint density at radius 1 is 1.47 bits per heavy atom. The van der Waals surface area contributed by atoms with Crippen LogP contribution in [-0.2, 0) is 27.1 Å². The van der Waals surface area contributed by atoms with Crippen LogP contribution in [0.5, 0.6) is 0 Å². The maximum atomic E-state index is 11.8. The smallest absolute Gasteiger partial charge is 0.310 e. The molecule has 19 heavy (non-hydrogen) atoms. The van der Waals surface area contributed by atoms with Gasteiger partial charge in [-0.15, -0.1) is 0 Å². The maximum absolute atomic E-state index is 11.8. The maximum Gasteiger partial charge on any atom is 0.310 e. The molecule has 1 aromatic heterocycles. The molecule has 0 aromatic carbocycles. The standard InChI is InChI=1S/C12H19N3O4/c1-3-19-10(16)7-8-11(13)14-9(15-12(8)17)5-4-6-18-2/h3-7H2,1-2H3,(H3,13,14,15,17). The number of aromatic nitrogens is 2. The fourth-order valence-corrected chi connectivity index (χ4v) is 1.59. The number of hydrogen-bond acceptors (Lipinski definition) is 6. The van der Waals surface area contributed by atoms with Crippen LogP contribution in [0, 0.1) is 0 Å². The Morgan fingerprint density at radius 2 is 2.21 bits per heavy atom. The van der Waals surface area contributed by atoms with Gasteiger partial charge in [0, 0.05) is 20.1 Å². The van der Waals surface area contributed by atoms with E-state index in [0.717, 1.165) is 6.42 Å². The van der Waals surface area contributed by atoms with Crippen molar-refractivity contribution in [1.29, 1.82) is 0 Å². The minimum atomic E-state index is -0.492. The first-order valence-electron chi connectivity index (χ1n) is 6.10. The van der Waals surface area contributed by atoms with Crippen LogP contribution < -0.4 is 11.3 Å². The molecule has 0 amide bonds. The number of aromatic amines is 1. The van der Waals surface area contributed by atoms with Crippen molar-refractivity contribution in [3.05, 3.63) is 21.7 Å². The summed E-state index contributed by atoms with van der Waals surface area (Å²) in [5.41, 5.74) is 5.45. The zero-order valence-electron chi connectivity index (χ0n) is 11.2. The van der Waals surface area contributed by atoms with Gasteiger partial charge in [0.15, 0.2) is 0 Å². The van der Waals surface area contributed by atoms with Gasteiger partial charge in [-0.25, -0.2) is 4.98 Å². The van der Waals surface area contributed by atoms with E-state index in [0.29, 0.717) is 18.9 Å². The molecule has 0 unspecified atom stereocenters. The summed E-state index contributed by atoms with van der Waals surface area (Å²) in [5.74, 6) is 0.0741. The number of rotatable bonds is 7. The molecule has 1 heterocycles. The number of carbonyl (C=O) groups is 1. The number of H-pyrrole nitrogens is 1. The van der Waals surface area contributed by atoms with Crippen molar-refractivity contribution in [2.45, 2.75) is 26.2 Å². The van der Waals surface area contributed by atoms with Crippen molar-refractivity contribution in [3.8, 4) is 0 Å². The van der Waals surface area contributed by atoms with Crippen molar-refractivity contribution in [2.24, 2.45) is 0 Å². The summed E-state index contributed by atoms with van der Waals surface area (Å²) >= 11 is 0. The van der Waals surface area contributed by atoms with Gasteiger partial charge in [-0.05, 0) is 13.3 Å². The number of nitrogens with one attached hydrogen (secondary N) is 1. The lowest BCUT2D eigenvalue weighted by atomic mass is 10.2. The number of methoxy groups -OCH3 is 1. The Bertz CT molecular complexity index is 484. The SMILES string of the molecule is CCOC(=O)Cc1c(N)nc(CCCOC)[nH]c1=O. The normalized spacial score (nSPS) is 10.4. The van der Waals surface area contributed by atoms with Crippen molar-refractivity contribution in [2.75, 3.05) is 26.1 Å². The predicted molar refractivity (Wildman–Crippen MR) is 69.8 cm³/mol. The van der Waals surface area contributed by atoms with Crippen molar-refractivity contribution in [1.82, 2.24) is 9.97 Å². The van der Waals surface area contributed by atoms with Gasteiger partial charge in [-0.1, -0.05) is 0 Å². The average molecular weight is 269 g/mol. The molecule has 1 rings (SSSR count). The highest BCUT2D eigenvalue weighted by Crippen LogP contribution is 2.06. The van der Waals surface area contributed by atoms with E-state index in [9.17, 15) is 9.59 Å². The Balaban J connectivity index is 2.79. The molecule has 106 valence electrons. The van der Waals surface area contributed by atoms with E-state index in [-0.39, 0.29) is 24.4 Å². The lowest BCUT2D eigenvalue weighted by Gasteiger charge is -2.06. The fraction of sp³-hybridized carbons (Fsp3) is 0.583. The monoisotopic (exact) mass is 269 g/mol. The lowest BCUT2D eigenvalue weighted by molar-refractivity contribution is -0.142. The van der Waals surface area contributed by atoms with E-state index >= 15 is 0 Å². The number of carbonyl (C=O) groups excluding carboxylic acids is 1. The predicted octanol–water partition coefficient (Wildman–Crippen LogP) is 0.0367. The van der Waals surface area contributed by atoms with Crippen molar-refractivity contribution >= 4 is 11.8 Å². The minimum Gasteiger partial charge on any atom is -0.466 e. The van der Waals surface area contributed by atoms with E-state index in [1.807, 2.05) is 0 Å². The molecule has 0 bridgehead atoms. The second-order valence-electron chi connectivity index (χ2n) is 3.95. The van der Waals surface area contributed by atoms with E-state index in [4.69, 9.17) is 15.2 Å². The molecule has 0 fully saturated rings. The summed E-state index contributed by atoms with van der Waals surface area (Å²) in [5, 5.41) is 0. The Kier molecular flexibility index (Phi) is 6.01. The van der Waals surface area contributed by atoms with Crippen LogP contribution in [0.25, 0.3) is 0 Å². The topological polar surface area (TPSA) is 107 Å². The van der Waals surface area contributed by atoms with Gasteiger partial charge in [-0.2, -0.15) is 0 Å². The summed E-state index contributed by atoms with van der Waals surface area (Å²) in [6.45, 7) is 2.54. The molecule has 7 nitrogen and oxygen atoms in total. The van der Waals surface area contributed by atoms with Crippen LogP contribution in [-0.4, -0.2) is 36.3 Å². The highest BCUT2D eigenvalue weighted by Gasteiger charge is 2.13. The summed E-state index contributed by atoms with van der Waals surface area (Å²) in [6, 6.07) is 0. The van der Waals surface area contributed by atoms with Crippen LogP contribution >= 0.6 is 0 Å².